The number of ketones is 1. The van der Waals surface area contributed by atoms with Crippen LogP contribution < -0.4 is 14.8 Å². The number of piperidine rings is 1. The third kappa shape index (κ3) is 3.45. The number of hydrogen-bond acceptors (Lipinski definition) is 6. The molecule has 144 valence electrons. The summed E-state index contributed by atoms with van der Waals surface area (Å²) in [5, 5.41) is 23.3. The molecular weight excluding hydrogens is 346 g/mol. The van der Waals surface area contributed by atoms with Gasteiger partial charge in [0.2, 0.25) is 0 Å². The summed E-state index contributed by atoms with van der Waals surface area (Å²) < 4.78 is 10.4. The summed E-state index contributed by atoms with van der Waals surface area (Å²) in [4.78, 5) is 12.9. The van der Waals surface area contributed by atoms with Crippen LogP contribution in [-0.2, 0) is 4.79 Å². The van der Waals surface area contributed by atoms with Gasteiger partial charge < -0.3 is 25.0 Å². The van der Waals surface area contributed by atoms with E-state index in [4.69, 9.17) is 9.47 Å². The van der Waals surface area contributed by atoms with Crippen molar-refractivity contribution < 1.29 is 24.5 Å². The lowest BCUT2D eigenvalue weighted by molar-refractivity contribution is -0.130. The van der Waals surface area contributed by atoms with Crippen LogP contribution in [0.5, 0.6) is 23.0 Å². The summed E-state index contributed by atoms with van der Waals surface area (Å²) in [7, 11) is 2.99. The van der Waals surface area contributed by atoms with Crippen LogP contribution in [0.1, 0.15) is 37.1 Å². The molecule has 1 fully saturated rings. The SMILES string of the molecule is COc1cc([C@H]2N[C@@H](c3ccc(O)c(OC)c3)[C@@H](C)C(=O)[C@@H]2C)ccc1O. The van der Waals surface area contributed by atoms with E-state index in [9.17, 15) is 15.0 Å². The van der Waals surface area contributed by atoms with Crippen LogP contribution in [-0.4, -0.2) is 30.2 Å². The molecule has 0 aromatic heterocycles. The van der Waals surface area contributed by atoms with Gasteiger partial charge in [0.15, 0.2) is 23.0 Å². The lowest BCUT2D eigenvalue weighted by Gasteiger charge is -2.39. The van der Waals surface area contributed by atoms with E-state index in [1.165, 1.54) is 14.2 Å². The molecule has 0 aliphatic carbocycles. The average molecular weight is 371 g/mol. The summed E-state index contributed by atoms with van der Waals surface area (Å²) in [6.07, 6.45) is 0. The second kappa shape index (κ2) is 7.48. The van der Waals surface area contributed by atoms with Crippen molar-refractivity contribution in [3.63, 3.8) is 0 Å². The van der Waals surface area contributed by atoms with Crippen LogP contribution in [0.4, 0.5) is 0 Å². The maximum atomic E-state index is 12.9. The van der Waals surface area contributed by atoms with Crippen LogP contribution in [0.2, 0.25) is 0 Å². The maximum absolute atomic E-state index is 12.9. The summed E-state index contributed by atoms with van der Waals surface area (Å²) in [5.41, 5.74) is 1.74. The fourth-order valence-electron chi connectivity index (χ4n) is 3.77. The molecule has 2 aromatic carbocycles. The number of rotatable bonds is 4. The number of ether oxygens (including phenoxy) is 2. The Morgan fingerprint density at radius 2 is 1.22 bits per heavy atom. The first kappa shape index (κ1) is 19.0. The highest BCUT2D eigenvalue weighted by Gasteiger charge is 2.40. The van der Waals surface area contributed by atoms with Crippen LogP contribution in [0.3, 0.4) is 0 Å². The number of aromatic hydroxyl groups is 2. The Balaban J connectivity index is 1.99. The van der Waals surface area contributed by atoms with Crippen molar-refractivity contribution in [2.45, 2.75) is 25.9 Å². The number of Topliss-reactive ketones (excluding diaryl/α,β-unsaturated/α-hetero) is 1. The Bertz CT molecular complexity index is 783. The highest BCUT2D eigenvalue weighted by atomic mass is 16.5. The summed E-state index contributed by atoms with van der Waals surface area (Å²) in [5.74, 6) is 0.552. The molecule has 3 N–H and O–H groups in total. The quantitative estimate of drug-likeness (QED) is 0.764. The van der Waals surface area contributed by atoms with Crippen LogP contribution in [0, 0.1) is 11.8 Å². The van der Waals surface area contributed by atoms with Gasteiger partial charge in [0.25, 0.3) is 0 Å². The molecule has 0 radical (unpaired) electrons. The van der Waals surface area contributed by atoms with Crippen LogP contribution in [0.15, 0.2) is 36.4 Å². The van der Waals surface area contributed by atoms with Gasteiger partial charge in [-0.15, -0.1) is 0 Å². The standard InChI is InChI=1S/C21H25NO5/c1-11-19(13-5-7-15(23)17(9-13)26-3)22-20(12(2)21(11)25)14-6-8-16(24)18(10-14)27-4/h5-12,19-20,22-24H,1-4H3/t11-,12-,19-,20+/m1/s1. The van der Waals surface area contributed by atoms with Crippen molar-refractivity contribution >= 4 is 5.78 Å². The van der Waals surface area contributed by atoms with Crippen molar-refractivity contribution in [2.75, 3.05) is 14.2 Å². The third-order valence-corrected chi connectivity index (χ3v) is 5.38. The first-order valence-electron chi connectivity index (χ1n) is 8.91. The van der Waals surface area contributed by atoms with E-state index in [0.29, 0.717) is 11.5 Å². The Morgan fingerprint density at radius 3 is 1.59 bits per heavy atom. The van der Waals surface area contributed by atoms with Gasteiger partial charge in [0.05, 0.1) is 14.2 Å². The molecular formula is C21H25NO5. The topological polar surface area (TPSA) is 88.0 Å². The van der Waals surface area contributed by atoms with E-state index in [2.05, 4.69) is 5.32 Å². The van der Waals surface area contributed by atoms with Crippen LogP contribution >= 0.6 is 0 Å². The lowest BCUT2D eigenvalue weighted by Crippen LogP contribution is -2.46. The number of carbonyl (C=O) groups excluding carboxylic acids is 1. The van der Waals surface area contributed by atoms with Gasteiger partial charge in [0, 0.05) is 23.9 Å². The Labute approximate surface area is 158 Å². The van der Waals surface area contributed by atoms with E-state index >= 15 is 0 Å². The van der Waals surface area contributed by atoms with E-state index < -0.39 is 0 Å². The number of methoxy groups -OCH3 is 2. The first-order chi connectivity index (χ1) is 12.9. The van der Waals surface area contributed by atoms with Gasteiger partial charge in [-0.05, 0) is 35.4 Å². The van der Waals surface area contributed by atoms with Crippen molar-refractivity contribution in [1.82, 2.24) is 5.32 Å². The van der Waals surface area contributed by atoms with Gasteiger partial charge in [-0.2, -0.15) is 0 Å². The van der Waals surface area contributed by atoms with Gasteiger partial charge in [-0.1, -0.05) is 26.0 Å². The molecule has 3 rings (SSSR count). The molecule has 0 unspecified atom stereocenters. The highest BCUT2D eigenvalue weighted by Crippen LogP contribution is 2.41. The number of phenolic OH excluding ortho intramolecular Hbond substituents is 2. The molecule has 0 spiro atoms. The minimum atomic E-state index is -0.232. The molecule has 6 heteroatoms. The molecule has 6 nitrogen and oxygen atoms in total. The minimum absolute atomic E-state index is 0.0595. The van der Waals surface area contributed by atoms with Crippen molar-refractivity contribution in [1.29, 1.82) is 0 Å². The number of hydrogen-bond donors (Lipinski definition) is 3. The predicted octanol–water partition coefficient (Wildman–Crippen LogP) is 3.34. The first-order valence-corrected chi connectivity index (χ1v) is 8.91. The molecule has 1 aliphatic rings. The van der Waals surface area contributed by atoms with Gasteiger partial charge in [-0.3, -0.25) is 4.79 Å². The average Bonchev–Trinajstić information content (AvgIpc) is 2.67. The highest BCUT2D eigenvalue weighted by molar-refractivity contribution is 5.85. The predicted molar refractivity (Wildman–Crippen MR) is 101 cm³/mol. The minimum Gasteiger partial charge on any atom is -0.504 e. The Hall–Kier alpha value is -2.73. The van der Waals surface area contributed by atoms with Gasteiger partial charge in [0.1, 0.15) is 5.78 Å². The Morgan fingerprint density at radius 1 is 0.815 bits per heavy atom. The number of phenols is 2. The molecule has 0 saturated carbocycles. The fraction of sp³-hybridized carbons (Fsp3) is 0.381. The molecule has 0 amide bonds. The summed E-state index contributed by atoms with van der Waals surface area (Å²) in [6.45, 7) is 3.81. The smallest absolute Gasteiger partial charge is 0.160 e. The molecule has 4 atom stereocenters. The molecule has 1 heterocycles. The third-order valence-electron chi connectivity index (χ3n) is 5.38. The second-order valence-corrected chi connectivity index (χ2v) is 6.96. The van der Waals surface area contributed by atoms with Crippen molar-refractivity contribution in [2.24, 2.45) is 11.8 Å². The van der Waals surface area contributed by atoms with Gasteiger partial charge >= 0.3 is 0 Å². The fourth-order valence-corrected chi connectivity index (χ4v) is 3.77. The van der Waals surface area contributed by atoms with E-state index in [-0.39, 0.29) is 41.2 Å². The summed E-state index contributed by atoms with van der Waals surface area (Å²) >= 11 is 0. The lowest BCUT2D eigenvalue weighted by atomic mass is 9.76. The zero-order valence-corrected chi connectivity index (χ0v) is 15.9. The zero-order valence-electron chi connectivity index (χ0n) is 15.9. The molecule has 1 saturated heterocycles. The zero-order chi connectivity index (χ0) is 19.7. The molecule has 0 bridgehead atoms. The van der Waals surface area contributed by atoms with Gasteiger partial charge in [-0.25, -0.2) is 0 Å². The Kier molecular flexibility index (Phi) is 5.28. The molecule has 27 heavy (non-hydrogen) atoms. The van der Waals surface area contributed by atoms with E-state index in [1.54, 1.807) is 36.4 Å². The van der Waals surface area contributed by atoms with E-state index in [0.717, 1.165) is 11.1 Å². The number of benzene rings is 2. The molecule has 2 aromatic rings. The normalized spacial score (nSPS) is 25.3. The number of nitrogens with one attached hydrogen (secondary N) is 1. The maximum Gasteiger partial charge on any atom is 0.160 e. The number of carbonyl (C=O) groups is 1. The molecule has 1 aliphatic heterocycles. The monoisotopic (exact) mass is 371 g/mol. The van der Waals surface area contributed by atoms with Crippen molar-refractivity contribution in [3.05, 3.63) is 47.5 Å². The van der Waals surface area contributed by atoms with Crippen molar-refractivity contribution in [3.8, 4) is 23.0 Å². The second-order valence-electron chi connectivity index (χ2n) is 6.96. The van der Waals surface area contributed by atoms with E-state index in [1.807, 2.05) is 13.8 Å². The van der Waals surface area contributed by atoms with Crippen LogP contribution in [0.25, 0.3) is 0 Å². The largest absolute Gasteiger partial charge is 0.504 e. The summed E-state index contributed by atoms with van der Waals surface area (Å²) in [6, 6.07) is 9.78.